The first-order valence-electron chi connectivity index (χ1n) is 5.34. The van der Waals surface area contributed by atoms with Crippen LogP contribution in [0.2, 0.25) is 0 Å². The average molecular weight is 315 g/mol. The second kappa shape index (κ2) is 7.05. The standard InChI is InChI=1S/C12H11ClN2O4S/c1-9(13)8-19-12(16)7-15-20(17,18)11-4-2-10(6-14)3-5-11/h2-5,15H,1,7-8H2. The minimum Gasteiger partial charge on any atom is -0.459 e. The second-order valence-corrected chi connectivity index (χ2v) is 5.94. The zero-order valence-electron chi connectivity index (χ0n) is 10.3. The average Bonchev–Trinajstić information content (AvgIpc) is 2.43. The number of carbonyl (C=O) groups is 1. The third kappa shape index (κ3) is 5.01. The highest BCUT2D eigenvalue weighted by Gasteiger charge is 2.16. The zero-order valence-corrected chi connectivity index (χ0v) is 11.9. The molecule has 0 aliphatic heterocycles. The molecule has 20 heavy (non-hydrogen) atoms. The van der Waals surface area contributed by atoms with Gasteiger partial charge in [0, 0.05) is 5.03 Å². The number of nitrogens with one attached hydrogen (secondary N) is 1. The summed E-state index contributed by atoms with van der Waals surface area (Å²) in [5.74, 6) is -0.774. The predicted octanol–water partition coefficient (Wildman–Crippen LogP) is 1.13. The number of sulfonamides is 1. The molecule has 0 amide bonds. The number of hydrogen-bond donors (Lipinski definition) is 1. The van der Waals surface area contributed by atoms with E-state index < -0.39 is 22.5 Å². The van der Waals surface area contributed by atoms with Gasteiger partial charge < -0.3 is 4.74 Å². The van der Waals surface area contributed by atoms with Gasteiger partial charge in [0.15, 0.2) is 0 Å². The molecule has 1 aromatic rings. The molecule has 6 nitrogen and oxygen atoms in total. The fraction of sp³-hybridized carbons (Fsp3) is 0.167. The van der Waals surface area contributed by atoms with Crippen molar-refractivity contribution in [3.63, 3.8) is 0 Å². The third-order valence-corrected chi connectivity index (χ3v) is 3.62. The van der Waals surface area contributed by atoms with E-state index in [1.165, 1.54) is 24.3 Å². The fourth-order valence-electron chi connectivity index (χ4n) is 1.16. The molecule has 0 heterocycles. The molecule has 0 radical (unpaired) electrons. The minimum absolute atomic E-state index is 0.0500. The first-order valence-corrected chi connectivity index (χ1v) is 7.20. The van der Waals surface area contributed by atoms with Gasteiger partial charge in [0.25, 0.3) is 0 Å². The zero-order chi connectivity index (χ0) is 15.2. The van der Waals surface area contributed by atoms with E-state index in [2.05, 4.69) is 16.0 Å². The van der Waals surface area contributed by atoms with Crippen LogP contribution in [-0.4, -0.2) is 27.5 Å². The number of halogens is 1. The molecule has 1 rings (SSSR count). The van der Waals surface area contributed by atoms with Gasteiger partial charge >= 0.3 is 5.97 Å². The van der Waals surface area contributed by atoms with E-state index in [1.54, 1.807) is 0 Å². The highest BCUT2D eigenvalue weighted by atomic mass is 35.5. The maximum atomic E-state index is 11.8. The van der Waals surface area contributed by atoms with Crippen LogP contribution < -0.4 is 4.72 Å². The van der Waals surface area contributed by atoms with Gasteiger partial charge in [0.05, 0.1) is 16.5 Å². The Kier molecular flexibility index (Phi) is 5.70. The van der Waals surface area contributed by atoms with Crippen molar-refractivity contribution in [2.24, 2.45) is 0 Å². The number of hydrogen-bond acceptors (Lipinski definition) is 5. The van der Waals surface area contributed by atoms with E-state index >= 15 is 0 Å². The van der Waals surface area contributed by atoms with Crippen molar-refractivity contribution < 1.29 is 17.9 Å². The summed E-state index contributed by atoms with van der Waals surface area (Å²) < 4.78 is 30.4. The monoisotopic (exact) mass is 314 g/mol. The smallest absolute Gasteiger partial charge is 0.321 e. The Morgan fingerprint density at radius 3 is 2.50 bits per heavy atom. The lowest BCUT2D eigenvalue weighted by molar-refractivity contribution is -0.141. The molecule has 106 valence electrons. The van der Waals surface area contributed by atoms with Gasteiger partial charge in [-0.25, -0.2) is 8.42 Å². The van der Waals surface area contributed by atoms with Crippen LogP contribution >= 0.6 is 11.6 Å². The van der Waals surface area contributed by atoms with Gasteiger partial charge in [-0.3, -0.25) is 4.79 Å². The molecule has 0 saturated carbocycles. The second-order valence-electron chi connectivity index (χ2n) is 3.64. The van der Waals surface area contributed by atoms with Gasteiger partial charge in [0.2, 0.25) is 10.0 Å². The lowest BCUT2D eigenvalue weighted by atomic mass is 10.2. The van der Waals surface area contributed by atoms with Crippen molar-refractivity contribution in [2.45, 2.75) is 4.90 Å². The number of benzene rings is 1. The Balaban J connectivity index is 2.63. The first kappa shape index (κ1) is 16.2. The third-order valence-electron chi connectivity index (χ3n) is 2.09. The molecule has 0 spiro atoms. The molecule has 0 bridgehead atoms. The summed E-state index contributed by atoms with van der Waals surface area (Å²) in [5, 5.41) is 8.75. The normalized spacial score (nSPS) is 10.6. The van der Waals surface area contributed by atoms with E-state index in [1.807, 2.05) is 6.07 Å². The molecular weight excluding hydrogens is 304 g/mol. The Hall–Kier alpha value is -1.88. The maximum Gasteiger partial charge on any atom is 0.321 e. The van der Waals surface area contributed by atoms with E-state index in [9.17, 15) is 13.2 Å². The highest BCUT2D eigenvalue weighted by Crippen LogP contribution is 2.09. The molecule has 1 aromatic carbocycles. The Bertz CT molecular complexity index is 647. The van der Waals surface area contributed by atoms with Crippen LogP contribution in [0.5, 0.6) is 0 Å². The quantitative estimate of drug-likeness (QED) is 0.794. The summed E-state index contributed by atoms with van der Waals surface area (Å²) in [7, 11) is -3.83. The van der Waals surface area contributed by atoms with Crippen LogP contribution in [-0.2, 0) is 19.6 Å². The summed E-state index contributed by atoms with van der Waals surface area (Å²) in [6.07, 6.45) is 0. The van der Waals surface area contributed by atoms with Gasteiger partial charge in [-0.15, -0.1) is 0 Å². The number of ether oxygens (including phenoxy) is 1. The minimum atomic E-state index is -3.83. The SMILES string of the molecule is C=C(Cl)COC(=O)CNS(=O)(=O)c1ccc(C#N)cc1. The van der Waals surface area contributed by atoms with Crippen LogP contribution in [0.25, 0.3) is 0 Å². The fourth-order valence-corrected chi connectivity index (χ4v) is 2.18. The van der Waals surface area contributed by atoms with Gasteiger partial charge in [-0.2, -0.15) is 9.98 Å². The molecule has 0 saturated heterocycles. The van der Waals surface area contributed by atoms with Crippen molar-refractivity contribution in [3.05, 3.63) is 41.4 Å². The first-order chi connectivity index (χ1) is 9.35. The predicted molar refractivity (Wildman–Crippen MR) is 72.3 cm³/mol. The molecule has 0 unspecified atom stereocenters. The van der Waals surface area contributed by atoms with Gasteiger partial charge in [-0.1, -0.05) is 18.2 Å². The van der Waals surface area contributed by atoms with Crippen LogP contribution in [0, 0.1) is 11.3 Å². The number of nitrogens with zero attached hydrogens (tertiary/aromatic N) is 1. The van der Waals surface area contributed by atoms with Gasteiger partial charge in [0.1, 0.15) is 13.2 Å². The van der Waals surface area contributed by atoms with E-state index in [0.717, 1.165) is 0 Å². The molecule has 0 aromatic heterocycles. The van der Waals surface area contributed by atoms with Crippen LogP contribution in [0.15, 0.2) is 40.8 Å². The van der Waals surface area contributed by atoms with E-state index in [4.69, 9.17) is 16.9 Å². The van der Waals surface area contributed by atoms with Crippen molar-refractivity contribution >= 4 is 27.6 Å². The summed E-state index contributed by atoms with van der Waals surface area (Å²) in [4.78, 5) is 11.2. The summed E-state index contributed by atoms with van der Waals surface area (Å²) in [5.41, 5.74) is 0.337. The van der Waals surface area contributed by atoms with Crippen molar-refractivity contribution in [2.75, 3.05) is 13.2 Å². The number of carbonyl (C=O) groups excluding carboxylic acids is 1. The lowest BCUT2D eigenvalue weighted by Crippen LogP contribution is -2.30. The number of rotatable bonds is 6. The van der Waals surface area contributed by atoms with E-state index in [-0.39, 0.29) is 16.5 Å². The Labute approximate surface area is 121 Å². The molecule has 8 heteroatoms. The summed E-state index contributed by atoms with van der Waals surface area (Å²) >= 11 is 5.40. The highest BCUT2D eigenvalue weighted by molar-refractivity contribution is 7.89. The van der Waals surface area contributed by atoms with Crippen LogP contribution in [0.3, 0.4) is 0 Å². The molecule has 0 fully saturated rings. The summed E-state index contributed by atoms with van der Waals surface area (Å²) in [6.45, 7) is 2.62. The van der Waals surface area contributed by atoms with Crippen molar-refractivity contribution in [3.8, 4) is 6.07 Å². The molecule has 0 atom stereocenters. The van der Waals surface area contributed by atoms with Gasteiger partial charge in [-0.05, 0) is 24.3 Å². The Morgan fingerprint density at radius 2 is 2.00 bits per heavy atom. The number of nitriles is 1. The molecule has 0 aliphatic carbocycles. The van der Waals surface area contributed by atoms with E-state index in [0.29, 0.717) is 5.56 Å². The number of esters is 1. The topological polar surface area (TPSA) is 96.3 Å². The summed E-state index contributed by atoms with van der Waals surface area (Å²) in [6, 6.07) is 7.15. The Morgan fingerprint density at radius 1 is 1.40 bits per heavy atom. The molecule has 0 aliphatic rings. The van der Waals surface area contributed by atoms with Crippen molar-refractivity contribution in [1.29, 1.82) is 5.26 Å². The lowest BCUT2D eigenvalue weighted by Gasteiger charge is -2.07. The molecular formula is C12H11ClN2O4S. The molecule has 1 N–H and O–H groups in total. The van der Waals surface area contributed by atoms with Crippen LogP contribution in [0.4, 0.5) is 0 Å². The largest absolute Gasteiger partial charge is 0.459 e. The maximum absolute atomic E-state index is 11.8. The van der Waals surface area contributed by atoms with Crippen molar-refractivity contribution in [1.82, 2.24) is 4.72 Å². The van der Waals surface area contributed by atoms with Crippen LogP contribution in [0.1, 0.15) is 5.56 Å².